The van der Waals surface area contributed by atoms with Gasteiger partial charge in [-0.2, -0.15) is 0 Å². The lowest BCUT2D eigenvalue weighted by Gasteiger charge is -2.29. The molecule has 3 heteroatoms. The zero-order valence-corrected chi connectivity index (χ0v) is 11.6. The second-order valence-corrected chi connectivity index (χ2v) is 5.47. The maximum Gasteiger partial charge on any atom is 0.224 e. The summed E-state index contributed by atoms with van der Waals surface area (Å²) in [5.74, 6) is 1.19. The van der Waals surface area contributed by atoms with Crippen molar-refractivity contribution in [3.05, 3.63) is 0 Å². The van der Waals surface area contributed by atoms with Crippen LogP contribution in [-0.4, -0.2) is 25.5 Å². The van der Waals surface area contributed by atoms with Crippen molar-refractivity contribution in [1.82, 2.24) is 10.6 Å². The summed E-state index contributed by atoms with van der Waals surface area (Å²) >= 11 is 0. The lowest BCUT2D eigenvalue weighted by atomic mass is 9.83. The van der Waals surface area contributed by atoms with Gasteiger partial charge in [0.1, 0.15) is 0 Å². The molecule has 1 aliphatic carbocycles. The quantitative estimate of drug-likeness (QED) is 0.748. The van der Waals surface area contributed by atoms with Crippen molar-refractivity contribution >= 4 is 5.91 Å². The molecule has 1 unspecified atom stereocenters. The molecule has 17 heavy (non-hydrogen) atoms. The molecular formula is C14H28N2O. The van der Waals surface area contributed by atoms with Crippen LogP contribution in [0.25, 0.3) is 0 Å². The standard InChI is InChI=1S/C14H28N2O/c1-4-5-12-6-8-13(9-7-12)16-14(17)11(2)10-15-3/h11-13,15H,4-10H2,1-3H3,(H,16,17). The van der Waals surface area contributed by atoms with Gasteiger partial charge in [-0.25, -0.2) is 0 Å². The third-order valence-corrected chi connectivity index (χ3v) is 3.85. The fourth-order valence-electron chi connectivity index (χ4n) is 2.75. The molecule has 0 bridgehead atoms. The molecule has 0 heterocycles. The summed E-state index contributed by atoms with van der Waals surface area (Å²) < 4.78 is 0. The molecule has 100 valence electrons. The van der Waals surface area contributed by atoms with Gasteiger partial charge in [-0.3, -0.25) is 4.79 Å². The molecule has 3 nitrogen and oxygen atoms in total. The van der Waals surface area contributed by atoms with Crippen molar-refractivity contribution < 1.29 is 4.79 Å². The Bertz CT molecular complexity index is 222. The molecule has 1 fully saturated rings. The van der Waals surface area contributed by atoms with Gasteiger partial charge in [0.05, 0.1) is 0 Å². The first-order valence-corrected chi connectivity index (χ1v) is 7.12. The Labute approximate surface area is 106 Å². The lowest BCUT2D eigenvalue weighted by molar-refractivity contribution is -0.125. The van der Waals surface area contributed by atoms with Gasteiger partial charge in [0.15, 0.2) is 0 Å². The Balaban J connectivity index is 2.23. The van der Waals surface area contributed by atoms with E-state index in [1.807, 2.05) is 14.0 Å². The highest BCUT2D eigenvalue weighted by Crippen LogP contribution is 2.27. The predicted molar refractivity (Wildman–Crippen MR) is 71.9 cm³/mol. The molecular weight excluding hydrogens is 212 g/mol. The number of hydrogen-bond donors (Lipinski definition) is 2. The van der Waals surface area contributed by atoms with Gasteiger partial charge in [-0.15, -0.1) is 0 Å². The minimum Gasteiger partial charge on any atom is -0.353 e. The fraction of sp³-hybridized carbons (Fsp3) is 0.929. The Morgan fingerprint density at radius 3 is 2.47 bits per heavy atom. The Morgan fingerprint density at radius 1 is 1.29 bits per heavy atom. The van der Waals surface area contributed by atoms with Crippen LogP contribution >= 0.6 is 0 Å². The van der Waals surface area contributed by atoms with Crippen molar-refractivity contribution in [3.63, 3.8) is 0 Å². The van der Waals surface area contributed by atoms with E-state index >= 15 is 0 Å². The van der Waals surface area contributed by atoms with Gasteiger partial charge >= 0.3 is 0 Å². The van der Waals surface area contributed by atoms with Crippen molar-refractivity contribution in [3.8, 4) is 0 Å². The number of rotatable bonds is 6. The summed E-state index contributed by atoms with van der Waals surface area (Å²) in [4.78, 5) is 11.9. The minimum atomic E-state index is 0.0772. The van der Waals surface area contributed by atoms with Crippen LogP contribution in [0.3, 0.4) is 0 Å². The molecule has 1 atom stereocenters. The SMILES string of the molecule is CCCC1CCC(NC(=O)C(C)CNC)CC1. The highest BCUT2D eigenvalue weighted by Gasteiger charge is 2.23. The van der Waals surface area contributed by atoms with E-state index in [1.54, 1.807) is 0 Å². The van der Waals surface area contributed by atoms with Crippen molar-refractivity contribution in [2.45, 2.75) is 58.4 Å². The lowest BCUT2D eigenvalue weighted by Crippen LogP contribution is -2.42. The van der Waals surface area contributed by atoms with Crippen LogP contribution in [0.2, 0.25) is 0 Å². The van der Waals surface area contributed by atoms with Crippen molar-refractivity contribution in [1.29, 1.82) is 0 Å². The van der Waals surface area contributed by atoms with Crippen molar-refractivity contribution in [2.24, 2.45) is 11.8 Å². The number of nitrogens with one attached hydrogen (secondary N) is 2. The van der Waals surface area contributed by atoms with E-state index in [1.165, 1.54) is 38.5 Å². The van der Waals surface area contributed by atoms with E-state index in [0.717, 1.165) is 12.5 Å². The topological polar surface area (TPSA) is 41.1 Å². The molecule has 1 aliphatic rings. The number of hydrogen-bond acceptors (Lipinski definition) is 2. The number of amides is 1. The van der Waals surface area contributed by atoms with Gasteiger partial charge in [-0.05, 0) is 38.6 Å². The Morgan fingerprint density at radius 2 is 1.94 bits per heavy atom. The molecule has 1 saturated carbocycles. The van der Waals surface area contributed by atoms with Crippen LogP contribution in [0.1, 0.15) is 52.4 Å². The summed E-state index contributed by atoms with van der Waals surface area (Å²) in [5.41, 5.74) is 0. The second-order valence-electron chi connectivity index (χ2n) is 5.47. The molecule has 1 amide bonds. The van der Waals surface area contributed by atoms with E-state index < -0.39 is 0 Å². The maximum absolute atomic E-state index is 11.9. The van der Waals surface area contributed by atoms with Gasteiger partial charge in [0.25, 0.3) is 0 Å². The normalized spacial score (nSPS) is 26.5. The first-order valence-electron chi connectivity index (χ1n) is 7.12. The van der Waals surface area contributed by atoms with Crippen LogP contribution in [0, 0.1) is 11.8 Å². The minimum absolute atomic E-state index is 0.0772. The van der Waals surface area contributed by atoms with E-state index in [2.05, 4.69) is 17.6 Å². The van der Waals surface area contributed by atoms with Crippen LogP contribution in [0.4, 0.5) is 0 Å². The molecule has 1 rings (SSSR count). The van der Waals surface area contributed by atoms with Crippen LogP contribution in [-0.2, 0) is 4.79 Å². The third kappa shape index (κ3) is 5.07. The zero-order valence-electron chi connectivity index (χ0n) is 11.6. The number of carbonyl (C=O) groups excluding carboxylic acids is 1. The summed E-state index contributed by atoms with van der Waals surface area (Å²) in [6, 6.07) is 0.426. The Kier molecular flexibility index (Phi) is 6.56. The van der Waals surface area contributed by atoms with E-state index in [4.69, 9.17) is 0 Å². The molecule has 0 aromatic rings. The van der Waals surface area contributed by atoms with E-state index in [9.17, 15) is 4.79 Å². The zero-order chi connectivity index (χ0) is 12.7. The number of carbonyl (C=O) groups is 1. The third-order valence-electron chi connectivity index (χ3n) is 3.85. The van der Waals surface area contributed by atoms with Gasteiger partial charge in [0.2, 0.25) is 5.91 Å². The summed E-state index contributed by atoms with van der Waals surface area (Å²) in [7, 11) is 1.89. The molecule has 0 aromatic heterocycles. The molecule has 2 N–H and O–H groups in total. The molecule has 0 saturated heterocycles. The smallest absolute Gasteiger partial charge is 0.224 e. The first-order chi connectivity index (χ1) is 8.17. The van der Waals surface area contributed by atoms with Crippen LogP contribution in [0.5, 0.6) is 0 Å². The maximum atomic E-state index is 11.9. The van der Waals surface area contributed by atoms with E-state index in [0.29, 0.717) is 6.04 Å². The van der Waals surface area contributed by atoms with Gasteiger partial charge in [0, 0.05) is 18.5 Å². The monoisotopic (exact) mass is 240 g/mol. The van der Waals surface area contributed by atoms with Crippen molar-refractivity contribution in [2.75, 3.05) is 13.6 Å². The summed E-state index contributed by atoms with van der Waals surface area (Å²) in [6.07, 6.45) is 7.57. The van der Waals surface area contributed by atoms with E-state index in [-0.39, 0.29) is 11.8 Å². The van der Waals surface area contributed by atoms with Gasteiger partial charge < -0.3 is 10.6 Å². The highest BCUT2D eigenvalue weighted by atomic mass is 16.1. The van der Waals surface area contributed by atoms with Crippen LogP contribution in [0.15, 0.2) is 0 Å². The molecule has 0 aliphatic heterocycles. The molecule has 0 aromatic carbocycles. The fourth-order valence-corrected chi connectivity index (χ4v) is 2.75. The average molecular weight is 240 g/mol. The first kappa shape index (κ1) is 14.5. The van der Waals surface area contributed by atoms with Crippen LogP contribution < -0.4 is 10.6 Å². The Hall–Kier alpha value is -0.570. The summed E-state index contributed by atoms with van der Waals surface area (Å²) in [6.45, 7) is 5.00. The molecule has 0 radical (unpaired) electrons. The molecule has 0 spiro atoms. The average Bonchev–Trinajstić information content (AvgIpc) is 2.32. The predicted octanol–water partition coefficient (Wildman–Crippen LogP) is 2.32. The second kappa shape index (κ2) is 7.70. The van der Waals surface area contributed by atoms with Gasteiger partial charge in [-0.1, -0.05) is 26.7 Å². The largest absolute Gasteiger partial charge is 0.353 e. The summed E-state index contributed by atoms with van der Waals surface area (Å²) in [5, 5.41) is 6.24. The highest BCUT2D eigenvalue weighted by molar-refractivity contribution is 5.78.